The fourth-order valence-corrected chi connectivity index (χ4v) is 5.31. The molecule has 1 amide bonds. The summed E-state index contributed by atoms with van der Waals surface area (Å²) in [5.74, 6) is 1.05. The Hall–Kier alpha value is -1.57. The maximum atomic E-state index is 13.1. The van der Waals surface area contributed by atoms with Crippen molar-refractivity contribution < 1.29 is 9.53 Å². The summed E-state index contributed by atoms with van der Waals surface area (Å²) in [4.78, 5) is 28.3. The Kier molecular flexibility index (Phi) is 5.43. The van der Waals surface area contributed by atoms with Gasteiger partial charge in [-0.15, -0.1) is 0 Å². The highest BCUT2D eigenvalue weighted by Gasteiger charge is 2.53. The summed E-state index contributed by atoms with van der Waals surface area (Å²) in [5, 5.41) is 0. The van der Waals surface area contributed by atoms with Gasteiger partial charge in [-0.05, 0) is 32.9 Å². The van der Waals surface area contributed by atoms with E-state index in [0.29, 0.717) is 11.8 Å². The van der Waals surface area contributed by atoms with Gasteiger partial charge in [-0.1, -0.05) is 0 Å². The number of carbonyl (C=O) groups excluding carboxylic acids is 1. The van der Waals surface area contributed by atoms with Crippen molar-refractivity contribution in [2.45, 2.75) is 19.4 Å². The number of nitrogens with zero attached hydrogens (tertiary/aromatic N) is 5. The summed E-state index contributed by atoms with van der Waals surface area (Å²) in [6.07, 6.45) is 7.14. The van der Waals surface area contributed by atoms with E-state index in [4.69, 9.17) is 4.74 Å². The van der Waals surface area contributed by atoms with Crippen molar-refractivity contribution in [1.29, 1.82) is 0 Å². The fraction of sp³-hybridized carbons (Fsp3) is 0.750. The predicted molar refractivity (Wildman–Crippen MR) is 102 cm³/mol. The monoisotopic (exact) mass is 373 g/mol. The SMILES string of the molecule is CN(C)CC12CN(Cc3cncnc3)CC1CN(C(=O)C1CCOCC1)C2. The number of aromatic nitrogens is 2. The Morgan fingerprint density at radius 1 is 1.22 bits per heavy atom. The van der Waals surface area contributed by atoms with E-state index in [1.807, 2.05) is 12.4 Å². The summed E-state index contributed by atoms with van der Waals surface area (Å²) < 4.78 is 5.44. The molecule has 1 aromatic rings. The van der Waals surface area contributed by atoms with Crippen LogP contribution in [-0.4, -0.2) is 90.6 Å². The highest BCUT2D eigenvalue weighted by Crippen LogP contribution is 2.44. The van der Waals surface area contributed by atoms with Crippen LogP contribution in [0.3, 0.4) is 0 Å². The van der Waals surface area contributed by atoms with Gasteiger partial charge in [0.1, 0.15) is 6.33 Å². The van der Waals surface area contributed by atoms with Crippen LogP contribution in [0.15, 0.2) is 18.7 Å². The van der Waals surface area contributed by atoms with E-state index < -0.39 is 0 Å². The second kappa shape index (κ2) is 7.81. The maximum Gasteiger partial charge on any atom is 0.225 e. The van der Waals surface area contributed by atoms with Crippen LogP contribution in [0.2, 0.25) is 0 Å². The number of likely N-dealkylation sites (tertiary alicyclic amines) is 2. The molecule has 0 spiro atoms. The van der Waals surface area contributed by atoms with E-state index in [9.17, 15) is 4.79 Å². The molecule has 0 aliphatic carbocycles. The Labute approximate surface area is 161 Å². The standard InChI is InChI=1S/C20H31N5O2/c1-23(2)12-20-13-24(9-16-7-21-15-22-8-16)10-18(20)11-25(14-20)19(26)17-3-5-27-6-4-17/h7-8,15,17-18H,3-6,9-14H2,1-2H3. The lowest BCUT2D eigenvalue weighted by Crippen LogP contribution is -2.44. The van der Waals surface area contributed by atoms with Crippen LogP contribution < -0.4 is 0 Å². The molecule has 27 heavy (non-hydrogen) atoms. The fourth-order valence-electron chi connectivity index (χ4n) is 5.31. The van der Waals surface area contributed by atoms with Crippen LogP contribution in [0.1, 0.15) is 18.4 Å². The first kappa shape index (κ1) is 18.8. The number of hydrogen-bond acceptors (Lipinski definition) is 6. The Morgan fingerprint density at radius 2 is 1.96 bits per heavy atom. The first-order chi connectivity index (χ1) is 13.1. The van der Waals surface area contributed by atoms with Crippen molar-refractivity contribution in [1.82, 2.24) is 24.7 Å². The van der Waals surface area contributed by atoms with E-state index >= 15 is 0 Å². The Bertz CT molecular complexity index is 649. The molecule has 0 saturated carbocycles. The first-order valence-corrected chi connectivity index (χ1v) is 10.0. The zero-order valence-corrected chi connectivity index (χ0v) is 16.5. The van der Waals surface area contributed by atoms with E-state index in [1.165, 1.54) is 0 Å². The summed E-state index contributed by atoms with van der Waals surface area (Å²) in [7, 11) is 4.28. The minimum atomic E-state index is 0.159. The molecule has 3 fully saturated rings. The highest BCUT2D eigenvalue weighted by molar-refractivity contribution is 5.79. The quantitative estimate of drug-likeness (QED) is 0.758. The van der Waals surface area contributed by atoms with E-state index in [-0.39, 0.29) is 11.3 Å². The van der Waals surface area contributed by atoms with Crippen LogP contribution in [0.4, 0.5) is 0 Å². The third kappa shape index (κ3) is 4.00. The normalized spacial score (nSPS) is 29.4. The van der Waals surface area contributed by atoms with Gasteiger partial charge in [-0.3, -0.25) is 9.69 Å². The largest absolute Gasteiger partial charge is 0.381 e. The van der Waals surface area contributed by atoms with Gasteiger partial charge >= 0.3 is 0 Å². The number of carbonyl (C=O) groups is 1. The molecular weight excluding hydrogens is 342 g/mol. The van der Waals surface area contributed by atoms with Gasteiger partial charge in [0.25, 0.3) is 0 Å². The van der Waals surface area contributed by atoms with Gasteiger partial charge in [-0.25, -0.2) is 9.97 Å². The molecule has 2 unspecified atom stereocenters. The first-order valence-electron chi connectivity index (χ1n) is 10.0. The van der Waals surface area contributed by atoms with Crippen LogP contribution in [-0.2, 0) is 16.1 Å². The summed E-state index contributed by atoms with van der Waals surface area (Å²) in [6, 6.07) is 0. The molecule has 148 valence electrons. The van der Waals surface area contributed by atoms with E-state index in [1.54, 1.807) is 6.33 Å². The number of hydrogen-bond donors (Lipinski definition) is 0. The molecule has 3 aliphatic rings. The summed E-state index contributed by atoms with van der Waals surface area (Å²) in [6.45, 7) is 7.21. The molecule has 0 aromatic carbocycles. The third-order valence-corrected chi connectivity index (χ3v) is 6.36. The van der Waals surface area contributed by atoms with Crippen LogP contribution in [0.25, 0.3) is 0 Å². The van der Waals surface area contributed by atoms with Gasteiger partial charge < -0.3 is 14.5 Å². The van der Waals surface area contributed by atoms with Crippen molar-refractivity contribution in [3.8, 4) is 0 Å². The van der Waals surface area contributed by atoms with E-state index in [0.717, 1.165) is 70.9 Å². The minimum absolute atomic E-state index is 0.159. The lowest BCUT2D eigenvalue weighted by Gasteiger charge is -2.33. The van der Waals surface area contributed by atoms with Crippen LogP contribution in [0, 0.1) is 17.3 Å². The van der Waals surface area contributed by atoms with E-state index in [2.05, 4.69) is 38.8 Å². The summed E-state index contributed by atoms with van der Waals surface area (Å²) >= 11 is 0. The molecule has 0 N–H and O–H groups in total. The van der Waals surface area contributed by atoms with Crippen molar-refractivity contribution in [3.63, 3.8) is 0 Å². The molecular formula is C20H31N5O2. The second-order valence-corrected chi connectivity index (χ2v) is 8.82. The van der Waals surface area contributed by atoms with Crippen molar-refractivity contribution in [3.05, 3.63) is 24.3 Å². The van der Waals surface area contributed by atoms with Gasteiger partial charge in [0.05, 0.1) is 0 Å². The van der Waals surface area contributed by atoms with Gasteiger partial charge in [-0.2, -0.15) is 0 Å². The Balaban J connectivity index is 1.44. The molecule has 7 heteroatoms. The molecule has 3 aliphatic heterocycles. The number of fused-ring (bicyclic) bond motifs is 1. The predicted octanol–water partition coefficient (Wildman–Crippen LogP) is 0.725. The number of ether oxygens (including phenoxy) is 1. The zero-order valence-electron chi connectivity index (χ0n) is 16.5. The van der Waals surface area contributed by atoms with Gasteiger partial charge in [0.15, 0.2) is 0 Å². The lowest BCUT2D eigenvalue weighted by molar-refractivity contribution is -0.138. The average Bonchev–Trinajstić information content (AvgIpc) is 3.15. The smallest absolute Gasteiger partial charge is 0.225 e. The number of rotatable bonds is 5. The van der Waals surface area contributed by atoms with Crippen molar-refractivity contribution in [2.75, 3.05) is 60.0 Å². The van der Waals surface area contributed by atoms with Crippen molar-refractivity contribution in [2.24, 2.45) is 17.3 Å². The highest BCUT2D eigenvalue weighted by atomic mass is 16.5. The van der Waals surface area contributed by atoms with Crippen LogP contribution in [0.5, 0.6) is 0 Å². The topological polar surface area (TPSA) is 61.8 Å². The Morgan fingerprint density at radius 3 is 2.67 bits per heavy atom. The van der Waals surface area contributed by atoms with Gasteiger partial charge in [0.2, 0.25) is 5.91 Å². The molecule has 2 atom stereocenters. The molecule has 4 heterocycles. The lowest BCUT2D eigenvalue weighted by atomic mass is 9.80. The zero-order chi connectivity index (χ0) is 18.9. The molecule has 0 radical (unpaired) electrons. The average molecular weight is 374 g/mol. The second-order valence-electron chi connectivity index (χ2n) is 8.82. The number of amides is 1. The van der Waals surface area contributed by atoms with Crippen molar-refractivity contribution >= 4 is 5.91 Å². The summed E-state index contributed by atoms with van der Waals surface area (Å²) in [5.41, 5.74) is 1.33. The molecule has 7 nitrogen and oxygen atoms in total. The maximum absolute atomic E-state index is 13.1. The van der Waals surface area contributed by atoms with Crippen LogP contribution >= 0.6 is 0 Å². The molecule has 3 saturated heterocycles. The van der Waals surface area contributed by atoms with Gasteiger partial charge in [0, 0.05) is 81.8 Å². The molecule has 1 aromatic heterocycles. The molecule has 0 bridgehead atoms. The molecule has 4 rings (SSSR count). The minimum Gasteiger partial charge on any atom is -0.381 e. The third-order valence-electron chi connectivity index (χ3n) is 6.36.